The number of hydrogen-bond acceptors (Lipinski definition) is 1. The zero-order valence-electron chi connectivity index (χ0n) is 11.1. The maximum Gasteiger partial charge on any atom is -0.00201 e. The second-order valence-corrected chi connectivity index (χ2v) is 8.01. The highest BCUT2D eigenvalue weighted by Gasteiger charge is 2.59. The summed E-state index contributed by atoms with van der Waals surface area (Å²) in [7, 11) is 0. The standard InChI is InChI=1S/C16H27N/c17-11-15-6-12-5-13(7-15)9-16(8-12,10-15)14-3-1-2-4-14/h12-14H,1-11,17H2/t12-,13+,15?,16?. The van der Waals surface area contributed by atoms with Gasteiger partial charge in [0.05, 0.1) is 0 Å². The van der Waals surface area contributed by atoms with Crippen molar-refractivity contribution in [1.29, 1.82) is 0 Å². The van der Waals surface area contributed by atoms with Crippen molar-refractivity contribution in [3.63, 3.8) is 0 Å². The predicted octanol–water partition coefficient (Wildman–Crippen LogP) is 3.72. The van der Waals surface area contributed by atoms with Crippen molar-refractivity contribution in [2.24, 2.45) is 34.3 Å². The Morgan fingerprint density at radius 3 is 2.18 bits per heavy atom. The first-order valence-corrected chi connectivity index (χ1v) is 7.94. The van der Waals surface area contributed by atoms with Crippen LogP contribution in [0.1, 0.15) is 64.2 Å². The average molecular weight is 233 g/mol. The highest BCUT2D eigenvalue weighted by molar-refractivity contribution is 5.10. The Labute approximate surface area is 106 Å². The predicted molar refractivity (Wildman–Crippen MR) is 70.6 cm³/mol. The van der Waals surface area contributed by atoms with E-state index in [0.29, 0.717) is 5.41 Å². The Hall–Kier alpha value is -0.0400. The summed E-state index contributed by atoms with van der Waals surface area (Å²) in [4.78, 5) is 0. The topological polar surface area (TPSA) is 26.0 Å². The third-order valence-corrected chi connectivity index (χ3v) is 6.88. The normalized spacial score (nSPS) is 53.5. The summed E-state index contributed by atoms with van der Waals surface area (Å²) in [6.45, 7) is 0.981. The quantitative estimate of drug-likeness (QED) is 0.773. The molecule has 1 nitrogen and oxygen atoms in total. The summed E-state index contributed by atoms with van der Waals surface area (Å²) in [5.41, 5.74) is 7.54. The SMILES string of the molecule is NCC12C[C@H]3C[C@@H](C1)CC(C1CCCC1)(C3)C2. The van der Waals surface area contributed by atoms with Gasteiger partial charge in [0.25, 0.3) is 0 Å². The van der Waals surface area contributed by atoms with Crippen molar-refractivity contribution in [2.45, 2.75) is 64.2 Å². The van der Waals surface area contributed by atoms with Crippen LogP contribution in [-0.4, -0.2) is 6.54 Å². The number of nitrogens with two attached hydrogens (primary N) is 1. The molecule has 96 valence electrons. The molecule has 5 aliphatic carbocycles. The van der Waals surface area contributed by atoms with Crippen LogP contribution in [0.15, 0.2) is 0 Å². The molecule has 4 atom stereocenters. The molecule has 5 rings (SSSR count). The van der Waals surface area contributed by atoms with E-state index in [1.54, 1.807) is 32.1 Å². The molecule has 0 spiro atoms. The summed E-state index contributed by atoms with van der Waals surface area (Å²) in [5, 5.41) is 0. The van der Waals surface area contributed by atoms with Crippen LogP contribution in [0, 0.1) is 28.6 Å². The van der Waals surface area contributed by atoms with Crippen LogP contribution in [0.25, 0.3) is 0 Å². The van der Waals surface area contributed by atoms with E-state index in [9.17, 15) is 0 Å². The van der Waals surface area contributed by atoms with Gasteiger partial charge in [0.2, 0.25) is 0 Å². The lowest BCUT2D eigenvalue weighted by molar-refractivity contribution is -0.131. The fraction of sp³-hybridized carbons (Fsp3) is 1.00. The summed E-state index contributed by atoms with van der Waals surface area (Å²) >= 11 is 0. The first kappa shape index (κ1) is 10.8. The average Bonchev–Trinajstić information content (AvgIpc) is 2.81. The van der Waals surface area contributed by atoms with Gasteiger partial charge < -0.3 is 5.73 Å². The van der Waals surface area contributed by atoms with Gasteiger partial charge in [-0.15, -0.1) is 0 Å². The molecule has 1 heteroatoms. The van der Waals surface area contributed by atoms with E-state index in [4.69, 9.17) is 5.73 Å². The Morgan fingerprint density at radius 2 is 1.59 bits per heavy atom. The summed E-state index contributed by atoms with van der Waals surface area (Å²) in [5.74, 6) is 3.19. The van der Waals surface area contributed by atoms with Gasteiger partial charge in [-0.05, 0) is 86.5 Å². The molecular formula is C16H27N. The van der Waals surface area contributed by atoms with Gasteiger partial charge in [0, 0.05) is 0 Å². The van der Waals surface area contributed by atoms with Crippen LogP contribution in [0.5, 0.6) is 0 Å². The first-order chi connectivity index (χ1) is 8.24. The van der Waals surface area contributed by atoms with Gasteiger partial charge in [-0.1, -0.05) is 12.8 Å². The molecule has 17 heavy (non-hydrogen) atoms. The third-order valence-electron chi connectivity index (χ3n) is 6.88. The molecule has 5 saturated carbocycles. The van der Waals surface area contributed by atoms with Gasteiger partial charge in [-0.3, -0.25) is 0 Å². The Balaban J connectivity index is 1.68. The summed E-state index contributed by atoms with van der Waals surface area (Å²) in [6, 6.07) is 0. The second kappa shape index (κ2) is 3.50. The van der Waals surface area contributed by atoms with Crippen LogP contribution < -0.4 is 5.73 Å². The molecule has 5 fully saturated rings. The highest BCUT2D eigenvalue weighted by Crippen LogP contribution is 2.68. The fourth-order valence-electron chi connectivity index (χ4n) is 6.78. The van der Waals surface area contributed by atoms with Crippen LogP contribution in [0.3, 0.4) is 0 Å². The van der Waals surface area contributed by atoms with E-state index in [0.717, 1.165) is 29.7 Å². The largest absolute Gasteiger partial charge is 0.330 e. The molecule has 0 radical (unpaired) electrons. The van der Waals surface area contributed by atoms with Gasteiger partial charge >= 0.3 is 0 Å². The van der Waals surface area contributed by atoms with Gasteiger partial charge in [0.15, 0.2) is 0 Å². The van der Waals surface area contributed by atoms with E-state index in [-0.39, 0.29) is 0 Å². The smallest absolute Gasteiger partial charge is 0.00201 e. The summed E-state index contributed by atoms with van der Waals surface area (Å²) in [6.07, 6.45) is 15.3. The van der Waals surface area contributed by atoms with Gasteiger partial charge in [-0.2, -0.15) is 0 Å². The van der Waals surface area contributed by atoms with Crippen molar-refractivity contribution >= 4 is 0 Å². The third kappa shape index (κ3) is 1.47. The fourth-order valence-corrected chi connectivity index (χ4v) is 6.78. The molecule has 4 bridgehead atoms. The van der Waals surface area contributed by atoms with Crippen molar-refractivity contribution in [3.05, 3.63) is 0 Å². The second-order valence-electron chi connectivity index (χ2n) is 8.01. The Bertz CT molecular complexity index is 301. The highest BCUT2D eigenvalue weighted by atomic mass is 14.7. The lowest BCUT2D eigenvalue weighted by Gasteiger charge is -2.64. The Morgan fingerprint density at radius 1 is 0.941 bits per heavy atom. The lowest BCUT2D eigenvalue weighted by atomic mass is 9.41. The van der Waals surface area contributed by atoms with Crippen LogP contribution in [-0.2, 0) is 0 Å². The van der Waals surface area contributed by atoms with E-state index in [2.05, 4.69) is 0 Å². The van der Waals surface area contributed by atoms with Crippen molar-refractivity contribution < 1.29 is 0 Å². The molecule has 2 N–H and O–H groups in total. The van der Waals surface area contributed by atoms with Crippen molar-refractivity contribution in [2.75, 3.05) is 6.54 Å². The van der Waals surface area contributed by atoms with E-state index in [1.165, 1.54) is 32.1 Å². The molecule has 2 unspecified atom stereocenters. The van der Waals surface area contributed by atoms with Crippen molar-refractivity contribution in [1.82, 2.24) is 0 Å². The molecule has 0 aromatic heterocycles. The van der Waals surface area contributed by atoms with Crippen LogP contribution in [0.4, 0.5) is 0 Å². The van der Waals surface area contributed by atoms with Gasteiger partial charge in [0.1, 0.15) is 0 Å². The first-order valence-electron chi connectivity index (χ1n) is 7.94. The maximum absolute atomic E-state index is 6.19. The van der Waals surface area contributed by atoms with E-state index < -0.39 is 0 Å². The molecule has 0 saturated heterocycles. The van der Waals surface area contributed by atoms with Crippen LogP contribution in [0.2, 0.25) is 0 Å². The minimum absolute atomic E-state index is 0.590. The zero-order valence-corrected chi connectivity index (χ0v) is 11.1. The monoisotopic (exact) mass is 233 g/mol. The van der Waals surface area contributed by atoms with Crippen molar-refractivity contribution in [3.8, 4) is 0 Å². The minimum atomic E-state index is 0.590. The maximum atomic E-state index is 6.19. The Kier molecular flexibility index (Phi) is 2.23. The summed E-state index contributed by atoms with van der Waals surface area (Å²) < 4.78 is 0. The zero-order chi connectivity index (χ0) is 11.5. The molecule has 0 aromatic rings. The molecule has 0 amide bonds. The molecular weight excluding hydrogens is 206 g/mol. The number of rotatable bonds is 2. The van der Waals surface area contributed by atoms with Gasteiger partial charge in [-0.25, -0.2) is 0 Å². The molecule has 5 aliphatic rings. The molecule has 0 heterocycles. The molecule has 0 aromatic carbocycles. The van der Waals surface area contributed by atoms with E-state index >= 15 is 0 Å². The lowest BCUT2D eigenvalue weighted by Crippen LogP contribution is -2.56. The molecule has 0 aliphatic heterocycles. The van der Waals surface area contributed by atoms with E-state index in [1.807, 2.05) is 0 Å². The van der Waals surface area contributed by atoms with Crippen LogP contribution >= 0.6 is 0 Å². The number of hydrogen-bond donors (Lipinski definition) is 1. The minimum Gasteiger partial charge on any atom is -0.330 e.